The summed E-state index contributed by atoms with van der Waals surface area (Å²) in [6, 6.07) is 9.71. The van der Waals surface area contributed by atoms with E-state index in [1.807, 2.05) is 19.1 Å². The molecule has 1 aromatic heterocycles. The van der Waals surface area contributed by atoms with E-state index in [1.54, 1.807) is 12.1 Å². The molecule has 2 heterocycles. The van der Waals surface area contributed by atoms with Crippen molar-refractivity contribution >= 4 is 52.6 Å². The molecule has 0 spiro atoms. The summed E-state index contributed by atoms with van der Waals surface area (Å²) in [5.41, 5.74) is 3.90. The van der Waals surface area contributed by atoms with Gasteiger partial charge in [-0.2, -0.15) is 5.10 Å². The molecule has 0 unspecified atom stereocenters. The van der Waals surface area contributed by atoms with Crippen molar-refractivity contribution in [1.82, 2.24) is 10.3 Å². The highest BCUT2D eigenvalue weighted by Crippen LogP contribution is 2.21. The van der Waals surface area contributed by atoms with Crippen LogP contribution >= 0.6 is 12.2 Å². The minimum atomic E-state index is -1.20. The normalized spacial score (nSPS) is 17.0. The number of aromatic nitrogens is 1. The van der Waals surface area contributed by atoms with E-state index >= 15 is 0 Å². The van der Waals surface area contributed by atoms with Crippen LogP contribution in [0.2, 0.25) is 0 Å². The maximum absolute atomic E-state index is 12.8. The van der Waals surface area contributed by atoms with Crippen LogP contribution in [0.4, 0.5) is 17.2 Å². The van der Waals surface area contributed by atoms with Crippen LogP contribution in [0, 0.1) is 23.0 Å². The smallest absolute Gasteiger partial charge is 0.287 e. The molecule has 0 radical (unpaired) electrons. The Morgan fingerprint density at radius 1 is 1.29 bits per heavy atom. The number of rotatable bonds is 5. The summed E-state index contributed by atoms with van der Waals surface area (Å²) < 4.78 is 0. The maximum Gasteiger partial charge on any atom is 0.287 e. The molecule has 3 rings (SSSR count). The number of nitrogens with one attached hydrogen (secondary N) is 2. The van der Waals surface area contributed by atoms with Crippen molar-refractivity contribution in [3.63, 3.8) is 0 Å². The first-order chi connectivity index (χ1) is 13.4. The van der Waals surface area contributed by atoms with E-state index in [4.69, 9.17) is 12.2 Å². The van der Waals surface area contributed by atoms with Gasteiger partial charge in [-0.25, -0.2) is 4.98 Å². The number of anilines is 2. The van der Waals surface area contributed by atoms with Gasteiger partial charge in [0.25, 0.3) is 11.6 Å². The first-order valence-corrected chi connectivity index (χ1v) is 8.43. The molecule has 0 saturated carbocycles. The van der Waals surface area contributed by atoms with Crippen LogP contribution in [0.25, 0.3) is 0 Å². The average molecular weight is 398 g/mol. The number of hydrogen-bond acceptors (Lipinski definition) is 8. The van der Waals surface area contributed by atoms with Crippen molar-refractivity contribution in [2.24, 2.45) is 11.0 Å². The van der Waals surface area contributed by atoms with Crippen molar-refractivity contribution in [3.8, 4) is 0 Å². The molecular weight excluding hydrogens is 384 g/mol. The quantitative estimate of drug-likeness (QED) is 0.258. The number of pyridine rings is 1. The summed E-state index contributed by atoms with van der Waals surface area (Å²) in [4.78, 5) is 40.0. The molecule has 0 bridgehead atoms. The van der Waals surface area contributed by atoms with Crippen molar-refractivity contribution in [1.29, 1.82) is 0 Å². The zero-order chi connectivity index (χ0) is 20.3. The fourth-order valence-corrected chi connectivity index (χ4v) is 2.69. The molecule has 11 heteroatoms. The number of nitro groups is 1. The Bertz CT molecular complexity index is 974. The van der Waals surface area contributed by atoms with Crippen LogP contribution < -0.4 is 15.6 Å². The molecule has 1 aromatic carbocycles. The van der Waals surface area contributed by atoms with E-state index < -0.39 is 22.7 Å². The third-order valence-electron chi connectivity index (χ3n) is 3.86. The van der Waals surface area contributed by atoms with E-state index in [0.717, 1.165) is 18.0 Å². The number of thiocarbonyl (C=S) groups is 1. The Balaban J connectivity index is 1.74. The predicted octanol–water partition coefficient (Wildman–Crippen LogP) is 1.76. The predicted molar refractivity (Wildman–Crippen MR) is 106 cm³/mol. The topological polar surface area (TPSA) is 130 Å². The lowest BCUT2D eigenvalue weighted by atomic mass is 10.1. The van der Waals surface area contributed by atoms with Crippen LogP contribution in [-0.4, -0.2) is 33.0 Å². The van der Waals surface area contributed by atoms with Gasteiger partial charge in [0.15, 0.2) is 11.0 Å². The number of carbonyl (C=O) groups is 2. The summed E-state index contributed by atoms with van der Waals surface area (Å²) in [5, 5.41) is 16.9. The van der Waals surface area contributed by atoms with Crippen molar-refractivity contribution in [3.05, 3.63) is 58.3 Å². The second-order valence-corrected chi connectivity index (χ2v) is 6.22. The Morgan fingerprint density at radius 3 is 2.61 bits per heavy atom. The highest BCUT2D eigenvalue weighted by atomic mass is 32.1. The molecule has 2 aromatic rings. The number of amides is 2. The van der Waals surface area contributed by atoms with Gasteiger partial charge in [-0.05, 0) is 37.3 Å². The summed E-state index contributed by atoms with van der Waals surface area (Å²) in [7, 11) is 0. The largest absolute Gasteiger partial charge is 0.301 e. The van der Waals surface area contributed by atoms with E-state index in [2.05, 4.69) is 20.8 Å². The van der Waals surface area contributed by atoms with Crippen molar-refractivity contribution in [2.75, 3.05) is 10.3 Å². The Hall–Kier alpha value is -3.73. The molecule has 1 aliphatic heterocycles. The van der Waals surface area contributed by atoms with Gasteiger partial charge in [-0.1, -0.05) is 17.7 Å². The highest BCUT2D eigenvalue weighted by Gasteiger charge is 2.38. The third-order valence-corrected chi connectivity index (χ3v) is 4.14. The first kappa shape index (κ1) is 19.0. The lowest BCUT2D eigenvalue weighted by Gasteiger charge is -2.30. The summed E-state index contributed by atoms with van der Waals surface area (Å²) in [6.07, 6.45) is 2.19. The molecule has 10 nitrogen and oxygen atoms in total. The molecule has 142 valence electrons. The van der Waals surface area contributed by atoms with Crippen LogP contribution in [0.15, 0.2) is 47.7 Å². The van der Waals surface area contributed by atoms with Crippen LogP contribution in [-0.2, 0) is 9.59 Å². The van der Waals surface area contributed by atoms with Crippen LogP contribution in [0.5, 0.6) is 0 Å². The second-order valence-electron chi connectivity index (χ2n) is 5.83. The van der Waals surface area contributed by atoms with E-state index in [-0.39, 0.29) is 16.6 Å². The number of carbonyl (C=O) groups excluding carboxylic acids is 2. The van der Waals surface area contributed by atoms with Gasteiger partial charge in [-0.15, -0.1) is 0 Å². The highest BCUT2D eigenvalue weighted by molar-refractivity contribution is 7.80. The van der Waals surface area contributed by atoms with Gasteiger partial charge in [0.1, 0.15) is 12.0 Å². The molecular formula is C17H14N6O4S. The molecule has 1 fully saturated rings. The van der Waals surface area contributed by atoms with E-state index in [0.29, 0.717) is 5.69 Å². The maximum atomic E-state index is 12.8. The summed E-state index contributed by atoms with van der Waals surface area (Å²) in [5.74, 6) is -2.12. The minimum absolute atomic E-state index is 0.00602. The average Bonchev–Trinajstić information content (AvgIpc) is 2.66. The summed E-state index contributed by atoms with van der Waals surface area (Å²) >= 11 is 5.12. The molecule has 1 saturated heterocycles. The fourth-order valence-electron chi connectivity index (χ4n) is 2.40. The Labute approximate surface area is 164 Å². The van der Waals surface area contributed by atoms with Gasteiger partial charge >= 0.3 is 0 Å². The number of aryl methyl sites for hydroxylation is 1. The molecule has 1 aliphatic rings. The Morgan fingerprint density at radius 2 is 2.00 bits per heavy atom. The fraction of sp³-hybridized carbons (Fsp3) is 0.118. The number of hydrazone groups is 1. The molecule has 0 aliphatic carbocycles. The molecule has 2 amide bonds. The minimum Gasteiger partial charge on any atom is -0.301 e. The van der Waals surface area contributed by atoms with Gasteiger partial charge in [0, 0.05) is 12.3 Å². The third kappa shape index (κ3) is 3.99. The first-order valence-electron chi connectivity index (χ1n) is 8.02. The van der Waals surface area contributed by atoms with Crippen molar-refractivity contribution in [2.45, 2.75) is 6.92 Å². The van der Waals surface area contributed by atoms with E-state index in [1.165, 1.54) is 17.0 Å². The lowest BCUT2D eigenvalue weighted by molar-refractivity contribution is -0.385. The molecule has 28 heavy (non-hydrogen) atoms. The van der Waals surface area contributed by atoms with Gasteiger partial charge < -0.3 is 5.32 Å². The summed E-state index contributed by atoms with van der Waals surface area (Å²) in [6.45, 7) is 1.91. The standard InChI is InChI=1S/C17H14N6O4S/c1-10-2-4-11(5-3-10)22-16(25)13(15(24)20-17(22)28)9-19-21-14-7-6-12(8-18-14)23(26)27/h2-9,13H,1H3,(H,18,21)(H,20,24,28)/b19-9+/t13-/m0/s1. The number of hydrogen-bond donors (Lipinski definition) is 2. The van der Waals surface area contributed by atoms with Gasteiger partial charge in [0.05, 0.1) is 10.6 Å². The SMILES string of the molecule is Cc1ccc(N2C(=O)[C@@H](/C=N/Nc3ccc([N+](=O)[O-])cn3)C(=O)NC2=S)cc1. The number of nitrogens with zero attached hydrogens (tertiary/aromatic N) is 4. The van der Waals surface area contributed by atoms with Crippen LogP contribution in [0.1, 0.15) is 5.56 Å². The lowest BCUT2D eigenvalue weighted by Crippen LogP contribution is -2.58. The van der Waals surface area contributed by atoms with Gasteiger partial charge in [-0.3, -0.25) is 30.0 Å². The zero-order valence-corrected chi connectivity index (χ0v) is 15.3. The zero-order valence-electron chi connectivity index (χ0n) is 14.5. The van der Waals surface area contributed by atoms with Crippen molar-refractivity contribution < 1.29 is 14.5 Å². The monoisotopic (exact) mass is 398 g/mol. The second kappa shape index (κ2) is 7.88. The van der Waals surface area contributed by atoms with E-state index in [9.17, 15) is 19.7 Å². The molecule has 1 atom stereocenters. The molecule has 2 N–H and O–H groups in total. The Kier molecular flexibility index (Phi) is 5.36. The van der Waals surface area contributed by atoms with Crippen LogP contribution in [0.3, 0.4) is 0 Å². The van der Waals surface area contributed by atoms with Gasteiger partial charge in [0.2, 0.25) is 5.91 Å². The number of benzene rings is 1.